The molecular formula is C44H35NO. The van der Waals surface area contributed by atoms with Crippen LogP contribution in [0.2, 0.25) is 0 Å². The van der Waals surface area contributed by atoms with E-state index in [1.54, 1.807) is 0 Å². The van der Waals surface area contributed by atoms with Crippen molar-refractivity contribution in [2.24, 2.45) is 0 Å². The van der Waals surface area contributed by atoms with E-state index in [1.165, 1.54) is 38.6 Å². The van der Waals surface area contributed by atoms with Crippen LogP contribution in [0.1, 0.15) is 26.3 Å². The average molecular weight is 594 g/mol. The second-order valence-electron chi connectivity index (χ2n) is 13.1. The van der Waals surface area contributed by atoms with Gasteiger partial charge >= 0.3 is 0 Å². The molecule has 0 aliphatic carbocycles. The molecule has 0 saturated carbocycles. The molecule has 0 aliphatic rings. The monoisotopic (exact) mass is 593 g/mol. The second kappa shape index (κ2) is 11.1. The number of furan rings is 1. The molecule has 0 bridgehead atoms. The number of benzene rings is 7. The highest BCUT2D eigenvalue weighted by Gasteiger charge is 2.19. The largest absolute Gasteiger partial charge is 0.456 e. The number of rotatable bonds is 5. The Labute approximate surface area is 270 Å². The van der Waals surface area contributed by atoms with E-state index in [2.05, 4.69) is 183 Å². The van der Waals surface area contributed by atoms with Crippen LogP contribution >= 0.6 is 0 Å². The summed E-state index contributed by atoms with van der Waals surface area (Å²) in [4.78, 5) is 2.33. The number of hydrogen-bond donors (Lipinski definition) is 0. The molecule has 2 nitrogen and oxygen atoms in total. The summed E-state index contributed by atoms with van der Waals surface area (Å²) in [5.74, 6) is 0. The molecule has 1 aromatic heterocycles. The van der Waals surface area contributed by atoms with Gasteiger partial charge < -0.3 is 9.32 Å². The molecule has 1 heterocycles. The van der Waals surface area contributed by atoms with Crippen molar-refractivity contribution in [3.05, 3.63) is 163 Å². The van der Waals surface area contributed by atoms with Crippen molar-refractivity contribution < 1.29 is 4.42 Å². The summed E-state index contributed by atoms with van der Waals surface area (Å²) in [5.41, 5.74) is 11.1. The van der Waals surface area contributed by atoms with Crippen LogP contribution in [0.4, 0.5) is 17.1 Å². The van der Waals surface area contributed by atoms with E-state index in [0.717, 1.165) is 39.0 Å². The molecule has 2 heteroatoms. The summed E-state index contributed by atoms with van der Waals surface area (Å²) in [7, 11) is 0. The number of fused-ring (bicyclic) bond motifs is 4. The summed E-state index contributed by atoms with van der Waals surface area (Å²) in [6.45, 7) is 6.71. The fourth-order valence-electron chi connectivity index (χ4n) is 6.54. The van der Waals surface area contributed by atoms with Crippen molar-refractivity contribution in [3.63, 3.8) is 0 Å². The molecule has 0 N–H and O–H groups in total. The molecule has 222 valence electrons. The van der Waals surface area contributed by atoms with Crippen LogP contribution in [0.25, 0.3) is 55.0 Å². The van der Waals surface area contributed by atoms with E-state index in [-0.39, 0.29) is 5.41 Å². The Kier molecular flexibility index (Phi) is 6.73. The third kappa shape index (κ3) is 5.02. The molecule has 0 amide bonds. The van der Waals surface area contributed by atoms with Gasteiger partial charge in [-0.1, -0.05) is 130 Å². The topological polar surface area (TPSA) is 16.4 Å². The van der Waals surface area contributed by atoms with Gasteiger partial charge in [0.15, 0.2) is 0 Å². The average Bonchev–Trinajstić information content (AvgIpc) is 3.46. The normalized spacial score (nSPS) is 11.8. The van der Waals surface area contributed by atoms with Crippen LogP contribution in [0, 0.1) is 0 Å². The van der Waals surface area contributed by atoms with Crippen LogP contribution in [0.3, 0.4) is 0 Å². The molecule has 0 radical (unpaired) electrons. The Morgan fingerprint density at radius 3 is 1.85 bits per heavy atom. The van der Waals surface area contributed by atoms with Crippen molar-refractivity contribution >= 4 is 49.8 Å². The van der Waals surface area contributed by atoms with Gasteiger partial charge in [-0.15, -0.1) is 0 Å². The third-order valence-corrected chi connectivity index (χ3v) is 9.02. The van der Waals surface area contributed by atoms with E-state index in [0.29, 0.717) is 0 Å². The Balaban J connectivity index is 1.28. The summed E-state index contributed by atoms with van der Waals surface area (Å²) in [6.07, 6.45) is 0. The second-order valence-corrected chi connectivity index (χ2v) is 13.1. The molecule has 0 fully saturated rings. The zero-order valence-electron chi connectivity index (χ0n) is 26.4. The van der Waals surface area contributed by atoms with Gasteiger partial charge in [0, 0.05) is 33.9 Å². The maximum absolute atomic E-state index is 6.54. The molecule has 0 atom stereocenters. The standard InChI is InChI=1S/C44H35NO/c1-44(2,3)34-21-25-40-41-26-24-37(29-43(41)46-42(40)28-34)45(35-22-19-31(20-23-35)30-11-5-4-6-12-30)36-16-9-15-33(27-36)39-18-10-14-32-13-7-8-17-38(32)39/h4-29H,1-3H3. The van der Waals surface area contributed by atoms with Crippen LogP contribution < -0.4 is 4.90 Å². The van der Waals surface area contributed by atoms with E-state index < -0.39 is 0 Å². The molecule has 0 saturated heterocycles. The Morgan fingerprint density at radius 2 is 1.04 bits per heavy atom. The fourth-order valence-corrected chi connectivity index (χ4v) is 6.54. The highest BCUT2D eigenvalue weighted by molar-refractivity contribution is 6.06. The van der Waals surface area contributed by atoms with E-state index in [9.17, 15) is 0 Å². The van der Waals surface area contributed by atoms with Gasteiger partial charge in [-0.3, -0.25) is 0 Å². The van der Waals surface area contributed by atoms with Crippen LogP contribution in [0.5, 0.6) is 0 Å². The van der Waals surface area contributed by atoms with E-state index in [1.807, 2.05) is 0 Å². The highest BCUT2D eigenvalue weighted by atomic mass is 16.3. The van der Waals surface area contributed by atoms with E-state index in [4.69, 9.17) is 4.42 Å². The zero-order chi connectivity index (χ0) is 31.3. The summed E-state index contributed by atoms with van der Waals surface area (Å²) in [6, 6.07) is 56.6. The number of hydrogen-bond acceptors (Lipinski definition) is 2. The molecule has 8 rings (SSSR count). The molecule has 46 heavy (non-hydrogen) atoms. The lowest BCUT2D eigenvalue weighted by Crippen LogP contribution is -2.10. The minimum Gasteiger partial charge on any atom is -0.456 e. The molecule has 8 aromatic rings. The van der Waals surface area contributed by atoms with E-state index >= 15 is 0 Å². The number of nitrogens with zero attached hydrogens (tertiary/aromatic N) is 1. The third-order valence-electron chi connectivity index (χ3n) is 9.02. The Bertz CT molecular complexity index is 2330. The SMILES string of the molecule is CC(C)(C)c1ccc2c(c1)oc1cc(N(c3ccc(-c4ccccc4)cc3)c3cccc(-c4cccc5ccccc45)c3)ccc12. The molecule has 0 aliphatic heterocycles. The fraction of sp³-hybridized carbons (Fsp3) is 0.0909. The quantitative estimate of drug-likeness (QED) is 0.197. The zero-order valence-corrected chi connectivity index (χ0v) is 26.4. The van der Waals surface area contributed by atoms with Crippen molar-refractivity contribution in [2.75, 3.05) is 4.90 Å². The maximum atomic E-state index is 6.54. The molecule has 0 spiro atoms. The van der Waals surface area contributed by atoms with Gasteiger partial charge in [0.05, 0.1) is 0 Å². The van der Waals surface area contributed by atoms with Crippen molar-refractivity contribution in [3.8, 4) is 22.3 Å². The van der Waals surface area contributed by atoms with Crippen LogP contribution in [-0.2, 0) is 5.41 Å². The maximum Gasteiger partial charge on any atom is 0.137 e. The first-order valence-corrected chi connectivity index (χ1v) is 15.9. The van der Waals surface area contributed by atoms with Crippen molar-refractivity contribution in [2.45, 2.75) is 26.2 Å². The first-order chi connectivity index (χ1) is 22.4. The van der Waals surface area contributed by atoms with Gasteiger partial charge in [0.1, 0.15) is 11.2 Å². The Hall–Kier alpha value is -5.60. The molecule has 7 aromatic carbocycles. The first kappa shape index (κ1) is 27.9. The van der Waals surface area contributed by atoms with Gasteiger partial charge in [-0.2, -0.15) is 0 Å². The predicted octanol–water partition coefficient (Wildman–Crippen LogP) is 12.8. The lowest BCUT2D eigenvalue weighted by Gasteiger charge is -2.26. The van der Waals surface area contributed by atoms with Crippen LogP contribution in [-0.4, -0.2) is 0 Å². The van der Waals surface area contributed by atoms with Gasteiger partial charge in [-0.25, -0.2) is 0 Å². The first-order valence-electron chi connectivity index (χ1n) is 15.9. The lowest BCUT2D eigenvalue weighted by atomic mass is 9.87. The van der Waals surface area contributed by atoms with Gasteiger partial charge in [0.25, 0.3) is 0 Å². The Morgan fingerprint density at radius 1 is 0.435 bits per heavy atom. The smallest absolute Gasteiger partial charge is 0.137 e. The van der Waals surface area contributed by atoms with Gasteiger partial charge in [-0.05, 0) is 86.5 Å². The summed E-state index contributed by atoms with van der Waals surface area (Å²) in [5, 5.41) is 4.76. The van der Waals surface area contributed by atoms with Gasteiger partial charge in [0.2, 0.25) is 0 Å². The highest BCUT2D eigenvalue weighted by Crippen LogP contribution is 2.41. The molecule has 0 unspecified atom stereocenters. The predicted molar refractivity (Wildman–Crippen MR) is 195 cm³/mol. The minimum absolute atomic E-state index is 0.0517. The van der Waals surface area contributed by atoms with Crippen molar-refractivity contribution in [1.82, 2.24) is 0 Å². The minimum atomic E-state index is 0.0517. The van der Waals surface area contributed by atoms with Crippen LogP contribution in [0.15, 0.2) is 162 Å². The number of anilines is 3. The summed E-state index contributed by atoms with van der Waals surface area (Å²) < 4.78 is 6.54. The molecular weight excluding hydrogens is 558 g/mol. The van der Waals surface area contributed by atoms with Crippen molar-refractivity contribution in [1.29, 1.82) is 0 Å². The lowest BCUT2D eigenvalue weighted by molar-refractivity contribution is 0.587. The summed E-state index contributed by atoms with van der Waals surface area (Å²) >= 11 is 0.